The van der Waals surface area contributed by atoms with Gasteiger partial charge in [-0.15, -0.1) is 0 Å². The molecule has 1 aliphatic rings. The molecule has 1 aromatic rings. The Bertz CT molecular complexity index is 481. The van der Waals surface area contributed by atoms with Crippen LogP contribution in [-0.2, 0) is 4.79 Å². The fourth-order valence-corrected chi connectivity index (χ4v) is 2.99. The topological polar surface area (TPSA) is 29.1 Å². The summed E-state index contributed by atoms with van der Waals surface area (Å²) < 4.78 is 14.3. The molecule has 1 fully saturated rings. The van der Waals surface area contributed by atoms with Gasteiger partial charge in [0.25, 0.3) is 5.91 Å². The largest absolute Gasteiger partial charge is 0.318 e. The quantitative estimate of drug-likeness (QED) is 0.843. The summed E-state index contributed by atoms with van der Waals surface area (Å²) >= 11 is 0. The third-order valence-electron chi connectivity index (χ3n) is 4.78. The minimum Gasteiger partial charge on any atom is -0.318 e. The molecule has 3 nitrogen and oxygen atoms in total. The van der Waals surface area contributed by atoms with Crippen molar-refractivity contribution in [2.24, 2.45) is 0 Å². The van der Waals surface area contributed by atoms with Gasteiger partial charge in [0.1, 0.15) is 5.82 Å². The summed E-state index contributed by atoms with van der Waals surface area (Å²) in [5, 5.41) is 2.71. The van der Waals surface area contributed by atoms with Gasteiger partial charge < -0.3 is 9.80 Å². The third kappa shape index (κ3) is 3.01. The van der Waals surface area contributed by atoms with Crippen LogP contribution in [0.1, 0.15) is 32.6 Å². The molecule has 0 saturated heterocycles. The number of anilines is 1. The fraction of sp³-hybridized carbons (Fsp3) is 0.562. The van der Waals surface area contributed by atoms with E-state index in [-0.39, 0.29) is 23.5 Å². The van der Waals surface area contributed by atoms with Crippen LogP contribution in [0.5, 0.6) is 0 Å². The molecule has 1 atom stereocenters. The second-order valence-electron chi connectivity index (χ2n) is 6.21. The monoisotopic (exact) mass is 279 g/mol. The summed E-state index contributed by atoms with van der Waals surface area (Å²) in [6.45, 7) is 1.93. The van der Waals surface area contributed by atoms with E-state index in [1.54, 1.807) is 18.2 Å². The van der Waals surface area contributed by atoms with Crippen LogP contribution in [0.2, 0.25) is 0 Å². The molecular formula is C16H24FN2O+. The van der Waals surface area contributed by atoms with E-state index in [0.29, 0.717) is 10.5 Å². The highest BCUT2D eigenvalue weighted by Gasteiger charge is 2.39. The Morgan fingerprint density at radius 3 is 2.50 bits per heavy atom. The number of nitrogens with one attached hydrogen (secondary N) is 1. The highest BCUT2D eigenvalue weighted by atomic mass is 19.1. The van der Waals surface area contributed by atoms with Crippen molar-refractivity contribution in [2.75, 3.05) is 19.4 Å². The van der Waals surface area contributed by atoms with E-state index < -0.39 is 0 Å². The number of likely N-dealkylation sites (N-methyl/N-ethyl adjacent to an activating group) is 1. The molecule has 0 radical (unpaired) electrons. The zero-order valence-corrected chi connectivity index (χ0v) is 12.5. The number of amides is 1. The van der Waals surface area contributed by atoms with Crippen LogP contribution in [0.25, 0.3) is 0 Å². The molecule has 110 valence electrons. The van der Waals surface area contributed by atoms with Crippen molar-refractivity contribution in [1.29, 1.82) is 0 Å². The summed E-state index contributed by atoms with van der Waals surface area (Å²) in [5.74, 6) is -0.508. The Morgan fingerprint density at radius 2 is 1.90 bits per heavy atom. The highest BCUT2D eigenvalue weighted by Crippen LogP contribution is 2.29. The number of rotatable bonds is 4. The smallest absolute Gasteiger partial charge is 0.282 e. The van der Waals surface area contributed by atoms with Gasteiger partial charge in [0, 0.05) is 0 Å². The van der Waals surface area contributed by atoms with Gasteiger partial charge in [-0.2, -0.15) is 0 Å². The molecule has 0 bridgehead atoms. The van der Waals surface area contributed by atoms with E-state index in [0.717, 1.165) is 0 Å². The van der Waals surface area contributed by atoms with Gasteiger partial charge in [0.05, 0.1) is 25.8 Å². The first-order valence-corrected chi connectivity index (χ1v) is 7.31. The van der Waals surface area contributed by atoms with Crippen molar-refractivity contribution in [3.05, 3.63) is 30.1 Å². The van der Waals surface area contributed by atoms with Crippen LogP contribution in [-0.4, -0.2) is 36.6 Å². The van der Waals surface area contributed by atoms with Crippen molar-refractivity contribution >= 4 is 11.6 Å². The summed E-state index contributed by atoms with van der Waals surface area (Å²) in [5.41, 5.74) is 0.260. The molecule has 0 aromatic heterocycles. The van der Waals surface area contributed by atoms with Crippen LogP contribution in [0, 0.1) is 5.82 Å². The first kappa shape index (κ1) is 15.0. The zero-order valence-electron chi connectivity index (χ0n) is 12.5. The minimum atomic E-state index is -0.390. The number of quaternary nitrogens is 1. The Balaban J connectivity index is 2.06. The summed E-state index contributed by atoms with van der Waals surface area (Å²) in [6, 6.07) is 6.62. The molecule has 1 saturated carbocycles. The number of benzene rings is 1. The Labute approximate surface area is 120 Å². The average molecular weight is 279 g/mol. The van der Waals surface area contributed by atoms with Gasteiger partial charge in [0.2, 0.25) is 0 Å². The molecule has 0 spiro atoms. The SMILES string of the molecule is C[C@H](C(=O)Nc1ccccc1F)[N+](C)(C)C1CCCC1. The Morgan fingerprint density at radius 1 is 1.30 bits per heavy atom. The lowest BCUT2D eigenvalue weighted by molar-refractivity contribution is -0.927. The normalized spacial score (nSPS) is 18.0. The zero-order chi connectivity index (χ0) is 14.8. The predicted octanol–water partition coefficient (Wildman–Crippen LogP) is 3.17. The van der Waals surface area contributed by atoms with Crippen LogP contribution in [0.4, 0.5) is 10.1 Å². The van der Waals surface area contributed by atoms with Gasteiger partial charge >= 0.3 is 0 Å². The molecule has 4 heteroatoms. The molecular weight excluding hydrogens is 255 g/mol. The number of hydrogen-bond acceptors (Lipinski definition) is 1. The van der Waals surface area contributed by atoms with Crippen LogP contribution < -0.4 is 5.32 Å². The van der Waals surface area contributed by atoms with Crippen molar-refractivity contribution in [1.82, 2.24) is 0 Å². The first-order chi connectivity index (χ1) is 9.43. The number of hydrogen-bond donors (Lipinski definition) is 1. The van der Waals surface area contributed by atoms with Gasteiger partial charge in [-0.05, 0) is 44.7 Å². The molecule has 20 heavy (non-hydrogen) atoms. The van der Waals surface area contributed by atoms with Gasteiger partial charge in [0.15, 0.2) is 6.04 Å². The number of nitrogens with zero attached hydrogens (tertiary/aromatic N) is 1. The maximum atomic E-state index is 13.6. The lowest BCUT2D eigenvalue weighted by Gasteiger charge is -2.40. The molecule has 0 aliphatic heterocycles. The molecule has 1 aliphatic carbocycles. The number of carbonyl (C=O) groups is 1. The molecule has 1 N–H and O–H groups in total. The van der Waals surface area contributed by atoms with Gasteiger partial charge in [-0.3, -0.25) is 4.79 Å². The van der Waals surface area contributed by atoms with E-state index in [1.165, 1.54) is 31.7 Å². The third-order valence-corrected chi connectivity index (χ3v) is 4.78. The maximum Gasteiger partial charge on any atom is 0.282 e. The summed E-state index contributed by atoms with van der Waals surface area (Å²) in [7, 11) is 4.20. The van der Waals surface area contributed by atoms with E-state index in [2.05, 4.69) is 19.4 Å². The van der Waals surface area contributed by atoms with Crippen LogP contribution in [0.3, 0.4) is 0 Å². The predicted molar refractivity (Wildman–Crippen MR) is 78.9 cm³/mol. The molecule has 0 unspecified atom stereocenters. The average Bonchev–Trinajstić information content (AvgIpc) is 2.95. The second-order valence-corrected chi connectivity index (χ2v) is 6.21. The lowest BCUT2D eigenvalue weighted by atomic mass is 10.1. The summed E-state index contributed by atoms with van der Waals surface area (Å²) in [4.78, 5) is 12.4. The summed E-state index contributed by atoms with van der Waals surface area (Å²) in [6.07, 6.45) is 4.83. The highest BCUT2D eigenvalue weighted by molar-refractivity contribution is 5.93. The second kappa shape index (κ2) is 5.92. The van der Waals surface area contributed by atoms with Crippen molar-refractivity contribution in [3.63, 3.8) is 0 Å². The van der Waals surface area contributed by atoms with E-state index in [9.17, 15) is 9.18 Å². The van der Waals surface area contributed by atoms with Gasteiger partial charge in [-0.25, -0.2) is 4.39 Å². The first-order valence-electron chi connectivity index (χ1n) is 7.31. The molecule has 1 amide bonds. The maximum absolute atomic E-state index is 13.6. The minimum absolute atomic E-state index is 0.119. The van der Waals surface area contributed by atoms with Crippen LogP contribution >= 0.6 is 0 Å². The number of carbonyl (C=O) groups excluding carboxylic acids is 1. The Kier molecular flexibility index (Phi) is 4.43. The molecule has 1 aromatic carbocycles. The number of halogens is 1. The van der Waals surface area contributed by atoms with E-state index in [4.69, 9.17) is 0 Å². The lowest BCUT2D eigenvalue weighted by Crippen LogP contribution is -2.58. The molecule has 2 rings (SSSR count). The van der Waals surface area contributed by atoms with Crippen molar-refractivity contribution in [2.45, 2.75) is 44.7 Å². The standard InChI is InChI=1S/C16H23FN2O/c1-12(19(2,3)13-8-4-5-9-13)16(20)18-15-11-7-6-10-14(15)17/h6-7,10-13H,4-5,8-9H2,1-3H3/p+1/t12-/m1/s1. The van der Waals surface area contributed by atoms with E-state index >= 15 is 0 Å². The van der Waals surface area contributed by atoms with Crippen molar-refractivity contribution < 1.29 is 13.7 Å². The van der Waals surface area contributed by atoms with Crippen LogP contribution in [0.15, 0.2) is 24.3 Å². The van der Waals surface area contributed by atoms with Crippen molar-refractivity contribution in [3.8, 4) is 0 Å². The van der Waals surface area contributed by atoms with Gasteiger partial charge in [-0.1, -0.05) is 12.1 Å². The van der Waals surface area contributed by atoms with E-state index in [1.807, 2.05) is 6.92 Å². The fourth-order valence-electron chi connectivity index (χ4n) is 2.99. The number of para-hydroxylation sites is 1. The Hall–Kier alpha value is -1.42. The molecule has 0 heterocycles.